The highest BCUT2D eigenvalue weighted by Crippen LogP contribution is 2.19. The van der Waals surface area contributed by atoms with Crippen LogP contribution in [0.5, 0.6) is 0 Å². The van der Waals surface area contributed by atoms with E-state index >= 15 is 0 Å². The maximum atomic E-state index is 10.7. The van der Waals surface area contributed by atoms with Gasteiger partial charge in [-0.1, -0.05) is 30.3 Å². The van der Waals surface area contributed by atoms with Crippen molar-refractivity contribution in [2.24, 2.45) is 0 Å². The molecule has 0 aromatic heterocycles. The number of hydrogen-bond donors (Lipinski definition) is 3. The van der Waals surface area contributed by atoms with Gasteiger partial charge in [0, 0.05) is 0 Å². The van der Waals surface area contributed by atoms with Crippen molar-refractivity contribution >= 4 is 14.0 Å². The molecule has 0 aliphatic rings. The lowest BCUT2D eigenvalue weighted by Crippen LogP contribution is -2.42. The average molecular weight is 207 g/mol. The second kappa shape index (κ2) is 4.93. The highest BCUT2D eigenvalue weighted by Gasteiger charge is 2.30. The maximum absolute atomic E-state index is 10.7. The van der Waals surface area contributed by atoms with Crippen molar-refractivity contribution in [3.8, 4) is 0 Å². The van der Waals surface area contributed by atoms with Crippen LogP contribution >= 0.6 is 0 Å². The summed E-state index contributed by atoms with van der Waals surface area (Å²) in [6.45, 7) is 0. The quantitative estimate of drug-likeness (QED) is 0.476. The summed E-state index contributed by atoms with van der Waals surface area (Å²) in [4.78, 5) is 10.7. The summed E-state index contributed by atoms with van der Waals surface area (Å²) in [5, 5.41) is 27.3. The van der Waals surface area contributed by atoms with Gasteiger partial charge in [0.05, 0.1) is 0 Å². The molecule has 0 fully saturated rings. The van der Waals surface area contributed by atoms with E-state index in [4.69, 9.17) is 18.3 Å². The van der Waals surface area contributed by atoms with E-state index in [1.165, 1.54) is 0 Å². The van der Waals surface area contributed by atoms with E-state index in [-0.39, 0.29) is 4.97 Å². The summed E-state index contributed by atoms with van der Waals surface area (Å²) in [6.07, 6.45) is -1.39. The molecular formula is C9H10BNO4. The number of hydrogen-bond acceptors (Lipinski definition) is 4. The number of carboxylic acids is 1. The molecule has 3 N–H and O–H groups in total. The van der Waals surface area contributed by atoms with E-state index in [1.807, 2.05) is 0 Å². The van der Waals surface area contributed by atoms with Crippen molar-refractivity contribution in [2.45, 2.75) is 12.1 Å². The van der Waals surface area contributed by atoms with Gasteiger partial charge in [0.2, 0.25) is 7.98 Å². The molecule has 78 valence electrons. The van der Waals surface area contributed by atoms with Crippen LogP contribution < -0.4 is 0 Å². The molecule has 0 spiro atoms. The zero-order chi connectivity index (χ0) is 11.4. The van der Waals surface area contributed by atoms with Gasteiger partial charge in [0.1, 0.15) is 12.1 Å². The Balaban J connectivity index is 2.91. The first-order chi connectivity index (χ1) is 7.04. The number of rotatable bonds is 4. The monoisotopic (exact) mass is 207 g/mol. The van der Waals surface area contributed by atoms with Gasteiger partial charge in [-0.25, -0.2) is 4.97 Å². The number of carboxylic acid groups (broad SMARTS) is 1. The third-order valence-electron chi connectivity index (χ3n) is 1.98. The summed E-state index contributed by atoms with van der Waals surface area (Å²) in [5.41, 5.74) is 0.370. The zero-order valence-corrected chi connectivity index (χ0v) is 7.82. The predicted molar refractivity (Wildman–Crippen MR) is 52.2 cm³/mol. The smallest absolute Gasteiger partial charge is 0.325 e. The SMILES string of the molecule is [B]N(O)[C@H](C(=O)O)C(O)c1ccccc1. The van der Waals surface area contributed by atoms with Crippen LogP contribution in [0.15, 0.2) is 30.3 Å². The topological polar surface area (TPSA) is 81.0 Å². The standard InChI is InChI=1S/C9H10BNO4/c10-11(15)7(9(13)14)8(12)6-4-2-1-3-5-6/h1-5,7-8,12,15H,(H,13,14)/t7-,8?/m0/s1. The molecule has 0 saturated heterocycles. The largest absolute Gasteiger partial charge is 0.480 e. The average Bonchev–Trinajstić information content (AvgIpc) is 2.18. The van der Waals surface area contributed by atoms with E-state index in [9.17, 15) is 9.90 Å². The molecule has 1 unspecified atom stereocenters. The number of hydroxylamine groups is 1. The van der Waals surface area contributed by atoms with Crippen molar-refractivity contribution in [3.05, 3.63) is 35.9 Å². The van der Waals surface area contributed by atoms with Crippen LogP contribution in [0, 0.1) is 0 Å². The number of carbonyl (C=O) groups is 1. The third-order valence-corrected chi connectivity index (χ3v) is 1.98. The van der Waals surface area contributed by atoms with Crippen LogP contribution in [-0.2, 0) is 4.79 Å². The van der Waals surface area contributed by atoms with E-state index in [0.717, 1.165) is 0 Å². The molecule has 15 heavy (non-hydrogen) atoms. The Bertz CT molecular complexity index is 330. The number of nitrogens with zero attached hydrogens (tertiary/aromatic N) is 1. The van der Waals surface area contributed by atoms with Gasteiger partial charge in [-0.2, -0.15) is 0 Å². The van der Waals surface area contributed by atoms with Gasteiger partial charge in [-0.15, -0.1) is 0 Å². The molecule has 0 aliphatic carbocycles. The molecule has 0 bridgehead atoms. The first-order valence-electron chi connectivity index (χ1n) is 4.22. The van der Waals surface area contributed by atoms with Crippen LogP contribution in [0.2, 0.25) is 0 Å². The molecule has 0 saturated carbocycles. The zero-order valence-electron chi connectivity index (χ0n) is 7.82. The molecule has 2 atom stereocenters. The molecule has 1 rings (SSSR count). The lowest BCUT2D eigenvalue weighted by Gasteiger charge is -2.24. The first kappa shape index (κ1) is 11.7. The van der Waals surface area contributed by atoms with E-state index in [2.05, 4.69) is 0 Å². The molecule has 0 aliphatic heterocycles. The Kier molecular flexibility index (Phi) is 3.84. The summed E-state index contributed by atoms with van der Waals surface area (Å²) in [7, 11) is 4.92. The Morgan fingerprint density at radius 2 is 1.87 bits per heavy atom. The Labute approximate surface area is 88.0 Å². The maximum Gasteiger partial charge on any atom is 0.325 e. The minimum Gasteiger partial charge on any atom is -0.480 e. The highest BCUT2D eigenvalue weighted by atomic mass is 16.5. The highest BCUT2D eigenvalue weighted by molar-refractivity contribution is 6.05. The molecule has 6 heteroatoms. The van der Waals surface area contributed by atoms with Gasteiger partial charge in [0.25, 0.3) is 0 Å². The van der Waals surface area contributed by atoms with Gasteiger partial charge >= 0.3 is 5.97 Å². The molecule has 5 nitrogen and oxygen atoms in total. The fourth-order valence-electron chi connectivity index (χ4n) is 1.23. The van der Waals surface area contributed by atoms with Gasteiger partial charge in [0.15, 0.2) is 0 Å². The van der Waals surface area contributed by atoms with Gasteiger partial charge in [-0.05, 0) is 5.56 Å². The van der Waals surface area contributed by atoms with E-state index < -0.39 is 18.1 Å². The second-order valence-electron chi connectivity index (χ2n) is 3.02. The number of aliphatic carboxylic acids is 1. The molecule has 1 aromatic carbocycles. The fourth-order valence-corrected chi connectivity index (χ4v) is 1.23. The lowest BCUT2D eigenvalue weighted by molar-refractivity contribution is -0.160. The van der Waals surface area contributed by atoms with Crippen LogP contribution in [0.25, 0.3) is 0 Å². The van der Waals surface area contributed by atoms with Crippen molar-refractivity contribution in [3.63, 3.8) is 0 Å². The van der Waals surface area contributed by atoms with Crippen molar-refractivity contribution in [1.82, 2.24) is 4.97 Å². The summed E-state index contributed by atoms with van der Waals surface area (Å²) >= 11 is 0. The Morgan fingerprint density at radius 3 is 2.27 bits per heavy atom. The predicted octanol–water partition coefficient (Wildman–Crippen LogP) is -0.0521. The molecule has 0 amide bonds. The number of benzene rings is 1. The van der Waals surface area contributed by atoms with Crippen LogP contribution in [0.3, 0.4) is 0 Å². The minimum atomic E-state index is -1.59. The lowest BCUT2D eigenvalue weighted by atomic mass is 10.0. The molecule has 1 aromatic rings. The van der Waals surface area contributed by atoms with Crippen molar-refractivity contribution in [2.75, 3.05) is 0 Å². The minimum absolute atomic E-state index is 0.0139. The van der Waals surface area contributed by atoms with Gasteiger partial charge in [-0.3, -0.25) is 4.79 Å². The van der Waals surface area contributed by atoms with E-state index in [0.29, 0.717) is 5.56 Å². The molecular weight excluding hydrogens is 197 g/mol. The Hall–Kier alpha value is -1.37. The normalized spacial score (nSPS) is 14.9. The Morgan fingerprint density at radius 1 is 1.33 bits per heavy atom. The summed E-state index contributed by atoms with van der Waals surface area (Å²) in [6, 6.07) is 6.53. The molecule has 0 heterocycles. The van der Waals surface area contributed by atoms with Crippen molar-refractivity contribution < 1.29 is 20.2 Å². The summed E-state index contributed by atoms with van der Waals surface area (Å²) in [5.74, 6) is -1.41. The number of aliphatic hydroxyl groups excluding tert-OH is 1. The van der Waals surface area contributed by atoms with E-state index in [1.54, 1.807) is 30.3 Å². The van der Waals surface area contributed by atoms with Gasteiger partial charge < -0.3 is 15.4 Å². The number of aliphatic hydroxyl groups is 1. The third kappa shape index (κ3) is 2.79. The van der Waals surface area contributed by atoms with Crippen LogP contribution in [-0.4, -0.2) is 40.4 Å². The summed E-state index contributed by atoms with van der Waals surface area (Å²) < 4.78 is 0. The van der Waals surface area contributed by atoms with Crippen LogP contribution in [0.4, 0.5) is 0 Å². The van der Waals surface area contributed by atoms with Crippen LogP contribution in [0.1, 0.15) is 11.7 Å². The first-order valence-corrected chi connectivity index (χ1v) is 4.22. The second-order valence-corrected chi connectivity index (χ2v) is 3.02. The van der Waals surface area contributed by atoms with Crippen molar-refractivity contribution in [1.29, 1.82) is 0 Å². The molecule has 2 radical (unpaired) electrons. The fraction of sp³-hybridized carbons (Fsp3) is 0.222.